The fraction of sp³-hybridized carbons (Fsp3) is 0.375. The van der Waals surface area contributed by atoms with E-state index in [1.165, 1.54) is 0 Å². The maximum Gasteiger partial charge on any atom is 0.312 e. The minimum Gasteiger partial charge on any atom is -0.481 e. The van der Waals surface area contributed by atoms with E-state index in [1.807, 2.05) is 18.2 Å². The van der Waals surface area contributed by atoms with Crippen molar-refractivity contribution in [3.63, 3.8) is 0 Å². The number of thiazole rings is 1. The molecule has 0 aliphatic heterocycles. The van der Waals surface area contributed by atoms with E-state index >= 15 is 0 Å². The minimum absolute atomic E-state index is 0.444. The lowest BCUT2D eigenvalue weighted by Crippen LogP contribution is -2.17. The number of aliphatic carboxylic acids is 1. The quantitative estimate of drug-likeness (QED) is 0.939. The third kappa shape index (κ3) is 2.84. The van der Waals surface area contributed by atoms with Crippen LogP contribution in [-0.4, -0.2) is 23.2 Å². The second kappa shape index (κ2) is 5.95. The Labute approximate surface area is 127 Å². The van der Waals surface area contributed by atoms with Crippen molar-refractivity contribution in [3.8, 4) is 10.6 Å². The summed E-state index contributed by atoms with van der Waals surface area (Å²) in [5.74, 6) is -1.21. The van der Waals surface area contributed by atoms with Gasteiger partial charge in [0.25, 0.3) is 0 Å². The fourth-order valence-corrected chi connectivity index (χ4v) is 3.90. The van der Waals surface area contributed by atoms with E-state index in [0.717, 1.165) is 39.5 Å². The molecule has 1 N–H and O–H groups in total. The number of ether oxygens (including phenoxy) is 1. The molecule has 5 heteroatoms. The molecule has 0 bridgehead atoms. The second-order valence-corrected chi connectivity index (χ2v) is 6.33. The fourth-order valence-electron chi connectivity index (χ4n) is 2.74. The van der Waals surface area contributed by atoms with Gasteiger partial charge in [0, 0.05) is 17.6 Å². The largest absolute Gasteiger partial charge is 0.481 e. The molecule has 1 aliphatic rings. The molecule has 4 nitrogen and oxygen atoms in total. The number of hydrogen-bond acceptors (Lipinski definition) is 4. The van der Waals surface area contributed by atoms with Gasteiger partial charge in [-0.3, -0.25) is 4.79 Å². The van der Waals surface area contributed by atoms with Crippen LogP contribution in [0.25, 0.3) is 10.6 Å². The van der Waals surface area contributed by atoms with Crippen molar-refractivity contribution in [3.05, 3.63) is 40.4 Å². The first-order chi connectivity index (χ1) is 10.2. The molecule has 21 heavy (non-hydrogen) atoms. The van der Waals surface area contributed by atoms with Crippen LogP contribution in [0.3, 0.4) is 0 Å². The predicted molar refractivity (Wildman–Crippen MR) is 81.6 cm³/mol. The lowest BCUT2D eigenvalue weighted by molar-refractivity contribution is -0.139. The number of carboxylic acids is 1. The Morgan fingerprint density at radius 3 is 3.14 bits per heavy atom. The number of rotatable bonds is 4. The minimum atomic E-state index is -0.763. The number of aryl methyl sites for hydroxylation is 1. The van der Waals surface area contributed by atoms with Crippen LogP contribution in [0.5, 0.6) is 0 Å². The van der Waals surface area contributed by atoms with Gasteiger partial charge in [-0.2, -0.15) is 0 Å². The molecule has 1 heterocycles. The summed E-state index contributed by atoms with van der Waals surface area (Å²) in [6, 6.07) is 8.07. The number of fused-ring (bicyclic) bond motifs is 1. The average Bonchev–Trinajstić information content (AvgIpc) is 2.91. The number of carboxylic acid groups (broad SMARTS) is 1. The molecule has 0 saturated heterocycles. The molecule has 3 rings (SSSR count). The van der Waals surface area contributed by atoms with Crippen LogP contribution < -0.4 is 0 Å². The maximum atomic E-state index is 11.4. The van der Waals surface area contributed by atoms with Gasteiger partial charge in [0.05, 0.1) is 18.2 Å². The van der Waals surface area contributed by atoms with E-state index in [1.54, 1.807) is 18.4 Å². The Morgan fingerprint density at radius 2 is 2.38 bits per heavy atom. The number of methoxy groups -OCH3 is 1. The molecule has 0 spiro atoms. The van der Waals surface area contributed by atoms with Crippen molar-refractivity contribution in [2.24, 2.45) is 0 Å². The topological polar surface area (TPSA) is 59.4 Å². The highest BCUT2D eigenvalue weighted by molar-refractivity contribution is 7.15. The number of carbonyl (C=O) groups is 1. The van der Waals surface area contributed by atoms with E-state index < -0.39 is 11.9 Å². The molecule has 110 valence electrons. The molecular weight excluding hydrogens is 286 g/mol. The van der Waals surface area contributed by atoms with E-state index in [2.05, 4.69) is 11.1 Å². The molecule has 0 saturated carbocycles. The molecule has 1 unspecified atom stereocenters. The highest BCUT2D eigenvalue weighted by atomic mass is 32.1. The monoisotopic (exact) mass is 303 g/mol. The van der Waals surface area contributed by atoms with Gasteiger partial charge in [-0.15, -0.1) is 11.3 Å². The van der Waals surface area contributed by atoms with Crippen molar-refractivity contribution in [1.82, 2.24) is 4.98 Å². The summed E-state index contributed by atoms with van der Waals surface area (Å²) in [6.45, 7) is 0.566. The summed E-state index contributed by atoms with van der Waals surface area (Å²) in [4.78, 5) is 17.1. The normalized spacial score (nSPS) is 17.5. The van der Waals surface area contributed by atoms with Gasteiger partial charge < -0.3 is 9.84 Å². The molecule has 1 atom stereocenters. The highest BCUT2D eigenvalue weighted by Crippen LogP contribution is 2.38. The lowest BCUT2D eigenvalue weighted by atomic mass is 9.91. The average molecular weight is 303 g/mol. The van der Waals surface area contributed by atoms with Crippen LogP contribution >= 0.6 is 11.3 Å². The summed E-state index contributed by atoms with van der Waals surface area (Å²) < 4.78 is 5.15. The van der Waals surface area contributed by atoms with E-state index in [-0.39, 0.29) is 0 Å². The summed E-state index contributed by atoms with van der Waals surface area (Å²) in [5.41, 5.74) is 2.90. The number of nitrogens with zero attached hydrogens (tertiary/aromatic N) is 1. The number of aromatic nitrogens is 1. The molecule has 2 aromatic rings. The van der Waals surface area contributed by atoms with Gasteiger partial charge in [0.1, 0.15) is 5.01 Å². The summed E-state index contributed by atoms with van der Waals surface area (Å²) in [5, 5.41) is 10.2. The van der Waals surface area contributed by atoms with Crippen LogP contribution in [-0.2, 0) is 22.6 Å². The molecule has 1 aliphatic carbocycles. The first-order valence-corrected chi connectivity index (χ1v) is 7.81. The van der Waals surface area contributed by atoms with Crippen LogP contribution in [0, 0.1) is 0 Å². The molecular formula is C16H17NO3S. The van der Waals surface area contributed by atoms with Crippen molar-refractivity contribution in [1.29, 1.82) is 0 Å². The van der Waals surface area contributed by atoms with E-state index in [4.69, 9.17) is 4.74 Å². The smallest absolute Gasteiger partial charge is 0.312 e. The third-order valence-electron chi connectivity index (χ3n) is 3.74. The van der Waals surface area contributed by atoms with Crippen molar-refractivity contribution < 1.29 is 14.6 Å². The first-order valence-electron chi connectivity index (χ1n) is 6.99. The van der Waals surface area contributed by atoms with Crippen LogP contribution in [0.1, 0.15) is 34.9 Å². The first kappa shape index (κ1) is 14.2. The zero-order valence-electron chi connectivity index (χ0n) is 11.8. The third-order valence-corrected chi connectivity index (χ3v) is 4.92. The Bertz CT molecular complexity index is 665. The summed E-state index contributed by atoms with van der Waals surface area (Å²) in [7, 11) is 1.67. The lowest BCUT2D eigenvalue weighted by Gasteiger charge is -2.16. The van der Waals surface area contributed by atoms with Gasteiger partial charge in [0.2, 0.25) is 0 Å². The Morgan fingerprint density at radius 1 is 1.52 bits per heavy atom. The van der Waals surface area contributed by atoms with E-state index in [0.29, 0.717) is 13.0 Å². The second-order valence-electron chi connectivity index (χ2n) is 5.24. The van der Waals surface area contributed by atoms with Crippen LogP contribution in [0.15, 0.2) is 24.3 Å². The van der Waals surface area contributed by atoms with Crippen LogP contribution in [0.4, 0.5) is 0 Å². The Hall–Kier alpha value is -1.72. The predicted octanol–water partition coefficient (Wildman–Crippen LogP) is 3.46. The van der Waals surface area contributed by atoms with Crippen LogP contribution in [0.2, 0.25) is 0 Å². The highest BCUT2D eigenvalue weighted by Gasteiger charge is 2.30. The number of benzene rings is 1. The Balaban J connectivity index is 1.97. The van der Waals surface area contributed by atoms with Gasteiger partial charge in [-0.1, -0.05) is 18.2 Å². The molecule has 0 amide bonds. The van der Waals surface area contributed by atoms with Gasteiger partial charge in [0.15, 0.2) is 0 Å². The molecule has 0 radical (unpaired) electrons. The van der Waals surface area contributed by atoms with Gasteiger partial charge >= 0.3 is 5.97 Å². The summed E-state index contributed by atoms with van der Waals surface area (Å²) in [6.07, 6.45) is 2.55. The maximum absolute atomic E-state index is 11.4. The zero-order valence-corrected chi connectivity index (χ0v) is 12.7. The molecule has 1 aromatic carbocycles. The molecule has 0 fully saturated rings. The zero-order chi connectivity index (χ0) is 14.8. The Kier molecular flexibility index (Phi) is 4.03. The van der Waals surface area contributed by atoms with Crippen molar-refractivity contribution in [2.75, 3.05) is 7.11 Å². The molecule has 1 aromatic heterocycles. The van der Waals surface area contributed by atoms with Crippen molar-refractivity contribution >= 4 is 17.3 Å². The standard InChI is InChI=1S/C16H17NO3S/c1-20-9-10-4-2-5-11(8-10)15-17-14-12(16(18)19)6-3-7-13(14)21-15/h2,4-5,8,12H,3,6-7,9H2,1H3,(H,18,19). The number of hydrogen-bond donors (Lipinski definition) is 1. The SMILES string of the molecule is COCc1cccc(-c2nc3c(s2)CCCC3C(=O)O)c1. The van der Waals surface area contributed by atoms with E-state index in [9.17, 15) is 9.90 Å². The van der Waals surface area contributed by atoms with Crippen molar-refractivity contribution in [2.45, 2.75) is 31.8 Å². The summed E-state index contributed by atoms with van der Waals surface area (Å²) >= 11 is 1.62. The van der Waals surface area contributed by atoms with Gasteiger partial charge in [-0.05, 0) is 30.9 Å². The van der Waals surface area contributed by atoms with Gasteiger partial charge in [-0.25, -0.2) is 4.98 Å².